The number of rotatable bonds is 2. The van der Waals surface area contributed by atoms with Crippen LogP contribution < -0.4 is 10.6 Å². The summed E-state index contributed by atoms with van der Waals surface area (Å²) in [5, 5.41) is 5.21. The third-order valence-electron chi connectivity index (χ3n) is 5.41. The highest BCUT2D eigenvalue weighted by Gasteiger charge is 2.47. The van der Waals surface area contributed by atoms with Crippen molar-refractivity contribution >= 4 is 23.6 Å². The van der Waals surface area contributed by atoms with E-state index in [0.717, 1.165) is 11.0 Å². The molecule has 4 rings (SSSR count). The average molecular weight is 377 g/mol. The molecular weight excluding hydrogens is 360 g/mol. The van der Waals surface area contributed by atoms with Crippen LogP contribution in [0.15, 0.2) is 6.07 Å². The topological polar surface area (TPSA) is 95.6 Å². The first kappa shape index (κ1) is 17.7. The standard InChI is InChI=1S/C18H17F2N3O4/c19-10-7-9-14(13(15(10)20)8-3-5-21-6-4-8)18(27)23(17(9)26)11-1-2-12(24)22-16(11)25/h7-8,11,21H,1-6H2,(H,22,24,25). The Labute approximate surface area is 153 Å². The fourth-order valence-electron chi connectivity index (χ4n) is 4.09. The molecule has 2 N–H and O–H groups in total. The summed E-state index contributed by atoms with van der Waals surface area (Å²) in [5.74, 6) is -5.59. The van der Waals surface area contributed by atoms with E-state index in [2.05, 4.69) is 10.6 Å². The molecule has 3 aliphatic heterocycles. The Morgan fingerprint density at radius 2 is 1.70 bits per heavy atom. The first-order valence-electron chi connectivity index (χ1n) is 8.84. The third-order valence-corrected chi connectivity index (χ3v) is 5.41. The van der Waals surface area contributed by atoms with Crippen LogP contribution in [0.4, 0.5) is 8.78 Å². The van der Waals surface area contributed by atoms with Crippen LogP contribution >= 0.6 is 0 Å². The molecule has 2 saturated heterocycles. The molecule has 0 spiro atoms. The summed E-state index contributed by atoms with van der Waals surface area (Å²) in [6, 6.07) is -0.441. The van der Waals surface area contributed by atoms with Crippen molar-refractivity contribution in [3.05, 3.63) is 34.4 Å². The van der Waals surface area contributed by atoms with Gasteiger partial charge in [0.25, 0.3) is 11.8 Å². The predicted octanol–water partition coefficient (Wildman–Crippen LogP) is 0.833. The lowest BCUT2D eigenvalue weighted by atomic mass is 9.85. The van der Waals surface area contributed by atoms with Gasteiger partial charge in [0, 0.05) is 12.0 Å². The molecule has 0 bridgehead atoms. The van der Waals surface area contributed by atoms with Gasteiger partial charge in [0.1, 0.15) is 6.04 Å². The summed E-state index contributed by atoms with van der Waals surface area (Å²) in [5.41, 5.74) is -0.465. The molecule has 7 nitrogen and oxygen atoms in total. The van der Waals surface area contributed by atoms with Gasteiger partial charge in [0.05, 0.1) is 11.1 Å². The highest BCUT2D eigenvalue weighted by atomic mass is 19.2. The van der Waals surface area contributed by atoms with Crippen molar-refractivity contribution < 1.29 is 28.0 Å². The Hall–Kier alpha value is -2.68. The summed E-state index contributed by atoms with van der Waals surface area (Å²) >= 11 is 0. The van der Waals surface area contributed by atoms with Crippen LogP contribution in [0.5, 0.6) is 0 Å². The summed E-state index contributed by atoms with van der Waals surface area (Å²) in [6.45, 7) is 1.18. The normalized spacial score (nSPS) is 23.6. The van der Waals surface area contributed by atoms with Gasteiger partial charge in [-0.1, -0.05) is 0 Å². The number of piperidine rings is 2. The molecule has 0 saturated carbocycles. The fourth-order valence-corrected chi connectivity index (χ4v) is 4.09. The molecule has 142 valence electrons. The second-order valence-electron chi connectivity index (χ2n) is 6.98. The van der Waals surface area contributed by atoms with Crippen molar-refractivity contribution in [1.29, 1.82) is 0 Å². The molecule has 3 heterocycles. The van der Waals surface area contributed by atoms with Gasteiger partial charge in [0.2, 0.25) is 11.8 Å². The van der Waals surface area contributed by atoms with E-state index in [1.165, 1.54) is 0 Å². The van der Waals surface area contributed by atoms with Crippen molar-refractivity contribution in [3.8, 4) is 0 Å². The Balaban J connectivity index is 1.79. The zero-order valence-corrected chi connectivity index (χ0v) is 14.3. The monoisotopic (exact) mass is 377 g/mol. The van der Waals surface area contributed by atoms with Crippen LogP contribution in [0.2, 0.25) is 0 Å². The smallest absolute Gasteiger partial charge is 0.262 e. The number of fused-ring (bicyclic) bond motifs is 1. The SMILES string of the molecule is O=C1CCC(N2C(=O)c3cc(F)c(F)c(C4CCNCC4)c3C2=O)C(=O)N1. The molecular formula is C18H17F2N3O4. The molecule has 1 aromatic rings. The summed E-state index contributed by atoms with van der Waals surface area (Å²) in [6.07, 6.45) is 0.983. The molecule has 1 atom stereocenters. The largest absolute Gasteiger partial charge is 0.317 e. The van der Waals surface area contributed by atoms with Gasteiger partial charge in [-0.15, -0.1) is 0 Å². The van der Waals surface area contributed by atoms with Gasteiger partial charge >= 0.3 is 0 Å². The number of amides is 4. The van der Waals surface area contributed by atoms with Crippen molar-refractivity contribution in [2.75, 3.05) is 13.1 Å². The second-order valence-corrected chi connectivity index (χ2v) is 6.98. The van der Waals surface area contributed by atoms with Gasteiger partial charge < -0.3 is 5.32 Å². The van der Waals surface area contributed by atoms with E-state index < -0.39 is 47.2 Å². The Kier molecular flexibility index (Phi) is 4.26. The maximum atomic E-state index is 14.6. The van der Waals surface area contributed by atoms with Crippen molar-refractivity contribution in [2.24, 2.45) is 0 Å². The summed E-state index contributed by atoms with van der Waals surface area (Å²) in [4.78, 5) is 50.0. The number of halogens is 2. The van der Waals surface area contributed by atoms with Crippen LogP contribution in [0.25, 0.3) is 0 Å². The minimum atomic E-state index is -1.19. The second kappa shape index (κ2) is 6.49. The molecule has 4 amide bonds. The minimum absolute atomic E-state index is 0.0101. The van der Waals surface area contributed by atoms with Gasteiger partial charge in [-0.3, -0.25) is 29.4 Å². The number of hydrogen-bond donors (Lipinski definition) is 2. The fraction of sp³-hybridized carbons (Fsp3) is 0.444. The Morgan fingerprint density at radius 1 is 1.00 bits per heavy atom. The van der Waals surface area contributed by atoms with E-state index in [9.17, 15) is 28.0 Å². The predicted molar refractivity (Wildman–Crippen MR) is 87.9 cm³/mol. The number of carbonyl (C=O) groups is 4. The summed E-state index contributed by atoms with van der Waals surface area (Å²) < 4.78 is 28.8. The molecule has 0 radical (unpaired) electrons. The zero-order valence-electron chi connectivity index (χ0n) is 14.3. The van der Waals surface area contributed by atoms with Crippen molar-refractivity contribution in [3.63, 3.8) is 0 Å². The van der Waals surface area contributed by atoms with Crippen LogP contribution in [-0.4, -0.2) is 47.7 Å². The third kappa shape index (κ3) is 2.73. The van der Waals surface area contributed by atoms with Gasteiger partial charge in [-0.05, 0) is 44.3 Å². The van der Waals surface area contributed by atoms with Gasteiger partial charge in [-0.25, -0.2) is 8.78 Å². The Bertz CT molecular complexity index is 880. The van der Waals surface area contributed by atoms with E-state index in [0.29, 0.717) is 25.9 Å². The molecule has 27 heavy (non-hydrogen) atoms. The molecule has 1 aromatic carbocycles. The highest BCUT2D eigenvalue weighted by Crippen LogP contribution is 2.38. The van der Waals surface area contributed by atoms with Crippen molar-refractivity contribution in [2.45, 2.75) is 37.6 Å². The molecule has 3 aliphatic rings. The lowest BCUT2D eigenvalue weighted by Gasteiger charge is -2.28. The average Bonchev–Trinajstić information content (AvgIpc) is 2.88. The van der Waals surface area contributed by atoms with Crippen LogP contribution in [0.3, 0.4) is 0 Å². The van der Waals surface area contributed by atoms with E-state index >= 15 is 0 Å². The number of hydrogen-bond acceptors (Lipinski definition) is 5. The molecule has 0 aromatic heterocycles. The van der Waals surface area contributed by atoms with E-state index in [-0.39, 0.29) is 29.5 Å². The number of carbonyl (C=O) groups excluding carboxylic acids is 4. The zero-order chi connectivity index (χ0) is 19.3. The number of benzene rings is 1. The van der Waals surface area contributed by atoms with E-state index in [4.69, 9.17) is 0 Å². The molecule has 0 aliphatic carbocycles. The molecule has 1 unspecified atom stereocenters. The van der Waals surface area contributed by atoms with Crippen LogP contribution in [0.1, 0.15) is 57.9 Å². The van der Waals surface area contributed by atoms with Gasteiger partial charge in [0.15, 0.2) is 11.6 Å². The quantitative estimate of drug-likeness (QED) is 0.745. The van der Waals surface area contributed by atoms with E-state index in [1.54, 1.807) is 0 Å². The van der Waals surface area contributed by atoms with E-state index in [1.807, 2.05) is 0 Å². The molecule has 2 fully saturated rings. The van der Waals surface area contributed by atoms with Crippen molar-refractivity contribution in [1.82, 2.24) is 15.5 Å². The maximum absolute atomic E-state index is 14.6. The first-order valence-corrected chi connectivity index (χ1v) is 8.84. The van der Waals surface area contributed by atoms with Crippen LogP contribution in [-0.2, 0) is 9.59 Å². The van der Waals surface area contributed by atoms with Crippen LogP contribution in [0, 0.1) is 11.6 Å². The number of nitrogens with one attached hydrogen (secondary N) is 2. The molecule has 9 heteroatoms. The first-order chi connectivity index (χ1) is 12.9. The number of imide groups is 2. The van der Waals surface area contributed by atoms with Gasteiger partial charge in [-0.2, -0.15) is 0 Å². The summed E-state index contributed by atoms with van der Waals surface area (Å²) in [7, 11) is 0. The lowest BCUT2D eigenvalue weighted by Crippen LogP contribution is -2.54. The Morgan fingerprint density at radius 3 is 2.37 bits per heavy atom. The number of nitrogens with zero attached hydrogens (tertiary/aromatic N) is 1. The maximum Gasteiger partial charge on any atom is 0.262 e. The minimum Gasteiger partial charge on any atom is -0.317 e. The lowest BCUT2D eigenvalue weighted by molar-refractivity contribution is -0.136. The highest BCUT2D eigenvalue weighted by molar-refractivity contribution is 6.24.